The molecule has 0 N–H and O–H groups in total. The molecule has 8 aromatic rings. The first-order chi connectivity index (χ1) is 25.3. The summed E-state index contributed by atoms with van der Waals surface area (Å²) in [5.41, 5.74) is 6.20. The summed E-state index contributed by atoms with van der Waals surface area (Å²) in [7, 11) is -1.41. The quantitative estimate of drug-likeness (QED) is 0.108. The van der Waals surface area contributed by atoms with Crippen LogP contribution in [0.25, 0.3) is 21.5 Å². The number of hydrogen-bond acceptors (Lipinski definition) is 0. The van der Waals surface area contributed by atoms with E-state index in [4.69, 9.17) is 0 Å². The van der Waals surface area contributed by atoms with Gasteiger partial charge in [0.05, 0.1) is 0 Å². The van der Waals surface area contributed by atoms with E-state index in [0.717, 1.165) is 25.7 Å². The Kier molecular flexibility index (Phi) is 8.45. The third-order valence-corrected chi connectivity index (χ3v) is 23.6. The Morgan fingerprint density at radius 3 is 0.902 bits per heavy atom. The van der Waals surface area contributed by atoms with Crippen molar-refractivity contribution in [3.05, 3.63) is 192 Å². The number of rotatable bonds is 8. The molecule has 0 bridgehead atoms. The van der Waals surface area contributed by atoms with Gasteiger partial charge in [-0.1, -0.05) is 0 Å². The second kappa shape index (κ2) is 13.6. The van der Waals surface area contributed by atoms with E-state index in [2.05, 4.69) is 170 Å². The van der Waals surface area contributed by atoms with Gasteiger partial charge in [0, 0.05) is 0 Å². The van der Waals surface area contributed by atoms with Crippen molar-refractivity contribution in [2.45, 2.75) is 25.7 Å². The molecule has 0 nitrogen and oxygen atoms in total. The second-order valence-corrected chi connectivity index (χ2v) is 25.6. The predicted molar refractivity (Wildman–Crippen MR) is 219 cm³/mol. The van der Waals surface area contributed by atoms with Crippen LogP contribution < -0.4 is 38.0 Å². The van der Waals surface area contributed by atoms with Crippen LogP contribution in [0.4, 0.5) is 0 Å². The van der Waals surface area contributed by atoms with Gasteiger partial charge in [-0.3, -0.25) is 0 Å². The van der Waals surface area contributed by atoms with E-state index in [-0.39, 0.29) is 0 Å². The standard InChI is InChI=1S/2C24H18P.Hg/c2*1-3-9-20(10-4-1)25(21-11-5-2-6-12-21)23-17-16-19-15-14-18-8-7-13-22(23)24(18)19;/h2*1-12,16-17H,14-15H2;. The van der Waals surface area contributed by atoms with E-state index in [1.54, 1.807) is 60.6 Å². The molecule has 10 rings (SSSR count). The van der Waals surface area contributed by atoms with Crippen molar-refractivity contribution in [1.29, 1.82) is 0 Å². The fraction of sp³-hybridized carbons (Fsp3) is 0.0833. The first-order valence-corrected chi connectivity index (χ1v) is 26.4. The van der Waals surface area contributed by atoms with Crippen LogP contribution >= 0.6 is 15.8 Å². The van der Waals surface area contributed by atoms with Crippen molar-refractivity contribution in [3.63, 3.8) is 0 Å². The van der Waals surface area contributed by atoms with Gasteiger partial charge in [0.15, 0.2) is 0 Å². The molecule has 0 amide bonds. The predicted octanol–water partition coefficient (Wildman–Crippen LogP) is 7.74. The molecule has 0 radical (unpaired) electrons. The van der Waals surface area contributed by atoms with Crippen LogP contribution in [0.3, 0.4) is 0 Å². The fourth-order valence-corrected chi connectivity index (χ4v) is 22.6. The molecule has 0 atom stereocenters. The summed E-state index contributed by atoms with van der Waals surface area (Å²) >= 11 is -1.98. The van der Waals surface area contributed by atoms with Gasteiger partial charge in [0.2, 0.25) is 0 Å². The molecule has 0 aliphatic heterocycles. The van der Waals surface area contributed by atoms with Gasteiger partial charge < -0.3 is 0 Å². The van der Waals surface area contributed by atoms with Crippen molar-refractivity contribution in [3.8, 4) is 0 Å². The van der Waals surface area contributed by atoms with Gasteiger partial charge in [-0.05, 0) is 0 Å². The third-order valence-electron chi connectivity index (χ3n) is 11.0. The van der Waals surface area contributed by atoms with Crippen LogP contribution in [0, 0.1) is 0 Å². The Balaban J connectivity index is 1.22. The minimum absolute atomic E-state index is 0.707. The zero-order valence-electron chi connectivity index (χ0n) is 28.6. The van der Waals surface area contributed by atoms with Crippen molar-refractivity contribution >= 4 is 75.4 Å². The van der Waals surface area contributed by atoms with Gasteiger partial charge in [-0.25, -0.2) is 0 Å². The molecule has 0 spiro atoms. The average Bonchev–Trinajstić information content (AvgIpc) is 3.82. The van der Waals surface area contributed by atoms with Crippen LogP contribution in [0.1, 0.15) is 22.3 Å². The summed E-state index contributed by atoms with van der Waals surface area (Å²) in [6.07, 6.45) is 4.63. The van der Waals surface area contributed by atoms with Crippen LogP contribution in [0.5, 0.6) is 0 Å². The van der Waals surface area contributed by atoms with Crippen LogP contribution in [-0.2, 0) is 50.3 Å². The molecular formula is C48H36HgP2. The number of hydrogen-bond donors (Lipinski definition) is 0. The molecule has 3 heteroatoms. The molecule has 0 saturated carbocycles. The van der Waals surface area contributed by atoms with Crippen LogP contribution in [-0.4, -0.2) is 0 Å². The monoisotopic (exact) mass is 876 g/mol. The normalized spacial score (nSPS) is 13.1. The first-order valence-electron chi connectivity index (χ1n) is 18.2. The van der Waals surface area contributed by atoms with Gasteiger partial charge in [-0.2, -0.15) is 0 Å². The topological polar surface area (TPSA) is 0 Å². The molecule has 0 heterocycles. The molecule has 0 aromatic heterocycles. The van der Waals surface area contributed by atoms with Crippen LogP contribution in [0.15, 0.2) is 170 Å². The maximum absolute atomic E-state index is 2.58. The SMILES string of the molecule is c1ccc(P(c2ccccc2)c2ccc3c4c(cc[c]([Hg][c]5ccc6c7c(ccc(P(c8ccccc8)c8ccccc8)c57)CC6)c24)CC3)cc1. The van der Waals surface area contributed by atoms with Crippen molar-refractivity contribution in [2.24, 2.45) is 0 Å². The van der Waals surface area contributed by atoms with E-state index in [9.17, 15) is 0 Å². The molecule has 51 heavy (non-hydrogen) atoms. The Morgan fingerprint density at radius 2 is 0.588 bits per heavy atom. The number of aryl methyl sites for hydroxylation is 4. The van der Waals surface area contributed by atoms with Crippen molar-refractivity contribution in [2.75, 3.05) is 0 Å². The van der Waals surface area contributed by atoms with Gasteiger partial charge >= 0.3 is 318 Å². The van der Waals surface area contributed by atoms with E-state index in [1.807, 2.05) is 0 Å². The zero-order chi connectivity index (χ0) is 33.7. The average molecular weight is 875 g/mol. The molecule has 2 aliphatic rings. The Labute approximate surface area is 315 Å². The van der Waals surface area contributed by atoms with E-state index in [1.165, 1.54) is 21.2 Å². The minimum atomic E-state index is -1.98. The maximum atomic E-state index is 2.58. The second-order valence-electron chi connectivity index (χ2n) is 13.9. The Morgan fingerprint density at radius 1 is 0.294 bits per heavy atom. The third kappa shape index (κ3) is 5.63. The Bertz CT molecular complexity index is 2270. The molecule has 0 saturated heterocycles. The summed E-state index contributed by atoms with van der Waals surface area (Å²) in [4.78, 5) is 0. The summed E-state index contributed by atoms with van der Waals surface area (Å²) in [5, 5.41) is 15.2. The van der Waals surface area contributed by atoms with E-state index in [0.29, 0.717) is 0 Å². The summed E-state index contributed by atoms with van der Waals surface area (Å²) in [6.45, 7) is 0. The molecule has 0 unspecified atom stereocenters. The van der Waals surface area contributed by atoms with Gasteiger partial charge in [-0.15, -0.1) is 0 Å². The van der Waals surface area contributed by atoms with Gasteiger partial charge in [0.25, 0.3) is 0 Å². The molecular weight excluding hydrogens is 839 g/mol. The molecule has 0 fully saturated rings. The fourth-order valence-electron chi connectivity index (χ4n) is 8.80. The Hall–Kier alpha value is -3.92. The molecule has 2 aliphatic carbocycles. The van der Waals surface area contributed by atoms with E-state index >= 15 is 0 Å². The van der Waals surface area contributed by atoms with Crippen molar-refractivity contribution in [1.82, 2.24) is 0 Å². The van der Waals surface area contributed by atoms with Crippen molar-refractivity contribution < 1.29 is 24.6 Å². The van der Waals surface area contributed by atoms with Crippen LogP contribution in [0.2, 0.25) is 0 Å². The summed E-state index contributed by atoms with van der Waals surface area (Å²) in [6, 6.07) is 65.5. The first kappa shape index (κ1) is 31.8. The van der Waals surface area contributed by atoms with Gasteiger partial charge in [0.1, 0.15) is 0 Å². The molecule has 240 valence electrons. The number of benzene rings is 8. The molecule has 8 aromatic carbocycles. The van der Waals surface area contributed by atoms with E-state index < -0.39 is 40.4 Å². The summed E-state index contributed by atoms with van der Waals surface area (Å²) in [5.74, 6) is 0. The summed E-state index contributed by atoms with van der Waals surface area (Å²) < 4.78 is 3.36. The zero-order valence-corrected chi connectivity index (χ0v) is 35.9.